The lowest BCUT2D eigenvalue weighted by molar-refractivity contribution is 0.107. The third-order valence-corrected chi connectivity index (χ3v) is 6.36. The van der Waals surface area contributed by atoms with Crippen LogP contribution in [0.4, 0.5) is 23.2 Å². The molecule has 0 N–H and O–H groups in total. The number of alkyl halides is 3. The molecule has 1 heterocycles. The van der Waals surface area contributed by atoms with Gasteiger partial charge in [-0.2, -0.15) is 0 Å². The molecule has 5 heteroatoms. The Morgan fingerprint density at radius 1 is 0.968 bits per heavy atom. The molecule has 0 amide bonds. The van der Waals surface area contributed by atoms with Crippen molar-refractivity contribution in [2.24, 2.45) is 5.41 Å². The monoisotopic (exact) mass is 433 g/mol. The van der Waals surface area contributed by atoms with Crippen molar-refractivity contribution in [1.82, 2.24) is 0 Å². The minimum Gasteiger partial charge on any atom is -0.369 e. The van der Waals surface area contributed by atoms with Crippen molar-refractivity contribution in [1.29, 1.82) is 0 Å². The van der Waals surface area contributed by atoms with E-state index in [4.69, 9.17) is 0 Å². The first-order valence-electron chi connectivity index (χ1n) is 10.6. The number of para-hydroxylation sites is 1. The van der Waals surface area contributed by atoms with Crippen molar-refractivity contribution in [2.75, 3.05) is 18.0 Å². The molecule has 0 saturated carbocycles. The molecule has 0 spiro atoms. The summed E-state index contributed by atoms with van der Waals surface area (Å²) >= 11 is 0. The van der Waals surface area contributed by atoms with Crippen LogP contribution in [0.15, 0.2) is 42.5 Å². The maximum atomic E-state index is 14.8. The molecule has 3 rings (SSSR count). The van der Waals surface area contributed by atoms with Crippen LogP contribution in [-0.2, 0) is 0 Å². The number of terminal acetylenes is 1. The van der Waals surface area contributed by atoms with E-state index in [9.17, 15) is 17.6 Å². The normalized spacial score (nSPS) is 17.4. The molecular weight excluding hydrogens is 402 g/mol. The fourth-order valence-corrected chi connectivity index (χ4v) is 3.96. The minimum absolute atomic E-state index is 0.0222. The van der Waals surface area contributed by atoms with Gasteiger partial charge in [-0.15, -0.1) is 12.3 Å². The summed E-state index contributed by atoms with van der Waals surface area (Å²) < 4.78 is 54.4. The van der Waals surface area contributed by atoms with E-state index >= 15 is 0 Å². The summed E-state index contributed by atoms with van der Waals surface area (Å²) in [5, 5.41) is 0. The van der Waals surface area contributed by atoms with Crippen molar-refractivity contribution in [3.8, 4) is 12.3 Å². The molecule has 31 heavy (non-hydrogen) atoms. The molecule has 0 aliphatic carbocycles. The van der Waals surface area contributed by atoms with Crippen LogP contribution in [0.3, 0.4) is 0 Å². The highest BCUT2D eigenvalue weighted by molar-refractivity contribution is 5.58. The van der Waals surface area contributed by atoms with Crippen LogP contribution in [-0.4, -0.2) is 19.3 Å². The maximum absolute atomic E-state index is 14.8. The molecule has 1 saturated heterocycles. The van der Waals surface area contributed by atoms with Crippen LogP contribution in [0.2, 0.25) is 0 Å². The molecule has 0 bridgehead atoms. The predicted molar refractivity (Wildman–Crippen MR) is 120 cm³/mol. The Balaban J connectivity index is 0.00000107. The van der Waals surface area contributed by atoms with E-state index in [-0.39, 0.29) is 22.7 Å². The van der Waals surface area contributed by atoms with E-state index in [0.717, 1.165) is 11.1 Å². The number of benzene rings is 2. The molecule has 1 fully saturated rings. The van der Waals surface area contributed by atoms with E-state index in [0.29, 0.717) is 31.6 Å². The molecule has 168 valence electrons. The first kappa shape index (κ1) is 24.8. The van der Waals surface area contributed by atoms with E-state index in [1.54, 1.807) is 32.0 Å². The Morgan fingerprint density at radius 2 is 1.48 bits per heavy atom. The molecule has 1 aliphatic heterocycles. The Labute approximate surface area is 183 Å². The predicted octanol–water partition coefficient (Wildman–Crippen LogP) is 7.52. The zero-order chi connectivity index (χ0) is 23.2. The van der Waals surface area contributed by atoms with Gasteiger partial charge in [0, 0.05) is 30.0 Å². The van der Waals surface area contributed by atoms with E-state index in [1.165, 1.54) is 18.2 Å². The van der Waals surface area contributed by atoms with E-state index in [1.807, 2.05) is 24.8 Å². The maximum Gasteiger partial charge on any atom is 0.263 e. The van der Waals surface area contributed by atoms with Gasteiger partial charge in [0.05, 0.1) is 5.69 Å². The standard InChI is InChI=1S/C23H27F4N.C3H4/c1-15(17-7-9-18(10-8-17)22(26)27)19-5-4-6-20(25)21(19)28-13-11-23(3,12-14-28)16(2)24;1-3-2/h4-10,15-16,22H,11-14H2,1-3H3;1H,2H3. The number of halogens is 4. The second-order valence-electron chi connectivity index (χ2n) is 8.41. The van der Waals surface area contributed by atoms with Crippen LogP contribution in [0.1, 0.15) is 69.6 Å². The molecule has 2 atom stereocenters. The van der Waals surface area contributed by atoms with Gasteiger partial charge in [0.25, 0.3) is 6.43 Å². The lowest BCUT2D eigenvalue weighted by atomic mass is 9.76. The van der Waals surface area contributed by atoms with Crippen molar-refractivity contribution >= 4 is 5.69 Å². The van der Waals surface area contributed by atoms with Crippen molar-refractivity contribution < 1.29 is 17.6 Å². The number of hydrogen-bond donors (Lipinski definition) is 0. The van der Waals surface area contributed by atoms with Gasteiger partial charge < -0.3 is 4.90 Å². The zero-order valence-electron chi connectivity index (χ0n) is 18.6. The summed E-state index contributed by atoms with van der Waals surface area (Å²) in [4.78, 5) is 2.00. The van der Waals surface area contributed by atoms with Gasteiger partial charge in [-0.05, 0) is 43.9 Å². The Bertz CT molecular complexity index is 875. The van der Waals surface area contributed by atoms with E-state index < -0.39 is 12.6 Å². The van der Waals surface area contributed by atoms with Crippen LogP contribution >= 0.6 is 0 Å². The van der Waals surface area contributed by atoms with Gasteiger partial charge in [-0.3, -0.25) is 0 Å². The zero-order valence-corrected chi connectivity index (χ0v) is 18.6. The first-order valence-corrected chi connectivity index (χ1v) is 10.6. The highest BCUT2D eigenvalue weighted by Gasteiger charge is 2.36. The van der Waals surface area contributed by atoms with Gasteiger partial charge in [0.15, 0.2) is 0 Å². The van der Waals surface area contributed by atoms with Gasteiger partial charge >= 0.3 is 0 Å². The summed E-state index contributed by atoms with van der Waals surface area (Å²) in [6, 6.07) is 11.2. The number of anilines is 1. The molecular formula is C26H31F4N. The summed E-state index contributed by atoms with van der Waals surface area (Å²) in [7, 11) is 0. The van der Waals surface area contributed by atoms with Crippen LogP contribution < -0.4 is 4.90 Å². The summed E-state index contributed by atoms with van der Waals surface area (Å²) in [6.07, 6.45) is 2.52. The average Bonchev–Trinajstić information content (AvgIpc) is 2.74. The third kappa shape index (κ3) is 5.81. The average molecular weight is 434 g/mol. The molecule has 2 aromatic rings. The summed E-state index contributed by atoms with van der Waals surface area (Å²) in [6.45, 7) is 8.33. The second-order valence-corrected chi connectivity index (χ2v) is 8.41. The molecule has 0 radical (unpaired) electrons. The SMILES string of the molecule is C#CC.CC(c1ccc(C(F)F)cc1)c1cccc(F)c1N1CCC(C)(C(C)F)CC1. The number of hydrogen-bond acceptors (Lipinski definition) is 1. The van der Waals surface area contributed by atoms with Crippen molar-refractivity contribution in [2.45, 2.75) is 59.1 Å². The lowest BCUT2D eigenvalue weighted by Gasteiger charge is -2.42. The Morgan fingerprint density at radius 3 is 1.97 bits per heavy atom. The van der Waals surface area contributed by atoms with Crippen LogP contribution in [0.5, 0.6) is 0 Å². The fraction of sp³-hybridized carbons (Fsp3) is 0.462. The molecule has 1 nitrogen and oxygen atoms in total. The first-order chi connectivity index (χ1) is 14.6. The van der Waals surface area contributed by atoms with Gasteiger partial charge in [-0.25, -0.2) is 17.6 Å². The number of nitrogens with zero attached hydrogens (tertiary/aromatic N) is 1. The van der Waals surface area contributed by atoms with Gasteiger partial charge in [0.2, 0.25) is 0 Å². The quantitative estimate of drug-likeness (QED) is 0.348. The second kappa shape index (κ2) is 10.7. The number of rotatable bonds is 5. The fourth-order valence-electron chi connectivity index (χ4n) is 3.96. The topological polar surface area (TPSA) is 3.24 Å². The Kier molecular flexibility index (Phi) is 8.56. The highest BCUT2D eigenvalue weighted by atomic mass is 19.3. The minimum atomic E-state index is -2.50. The van der Waals surface area contributed by atoms with Crippen LogP contribution in [0, 0.1) is 23.6 Å². The third-order valence-electron chi connectivity index (χ3n) is 6.36. The Hall–Kier alpha value is -2.48. The van der Waals surface area contributed by atoms with Gasteiger partial charge in [-0.1, -0.05) is 50.2 Å². The smallest absolute Gasteiger partial charge is 0.263 e. The van der Waals surface area contributed by atoms with Crippen molar-refractivity contribution in [3.63, 3.8) is 0 Å². The molecule has 1 aliphatic rings. The molecule has 0 aromatic heterocycles. The lowest BCUT2D eigenvalue weighted by Crippen LogP contribution is -2.43. The highest BCUT2D eigenvalue weighted by Crippen LogP contribution is 2.41. The molecule has 2 aromatic carbocycles. The van der Waals surface area contributed by atoms with E-state index in [2.05, 4.69) is 12.3 Å². The molecule has 2 unspecified atom stereocenters. The van der Waals surface area contributed by atoms with Gasteiger partial charge in [0.1, 0.15) is 12.0 Å². The summed E-state index contributed by atoms with van der Waals surface area (Å²) in [5.74, 6) is 1.80. The van der Waals surface area contributed by atoms with Crippen molar-refractivity contribution in [3.05, 3.63) is 65.0 Å². The van der Waals surface area contributed by atoms with Crippen LogP contribution in [0.25, 0.3) is 0 Å². The largest absolute Gasteiger partial charge is 0.369 e. The summed E-state index contributed by atoms with van der Waals surface area (Å²) in [5.41, 5.74) is 1.82. The number of piperidine rings is 1.